The van der Waals surface area contributed by atoms with E-state index in [1.165, 1.54) is 19.3 Å². The highest BCUT2D eigenvalue weighted by atomic mass is 16.6. The minimum Gasteiger partial charge on any atom is -0.444 e. The van der Waals surface area contributed by atoms with Crippen LogP contribution < -0.4 is 5.32 Å². The van der Waals surface area contributed by atoms with Crippen LogP contribution in [0.15, 0.2) is 4.99 Å². The number of hydrogen-bond donors (Lipinski definition) is 1. The molecule has 2 atom stereocenters. The Kier molecular flexibility index (Phi) is 4.55. The molecule has 1 saturated carbocycles. The lowest BCUT2D eigenvalue weighted by Gasteiger charge is -2.31. The molecule has 0 spiro atoms. The van der Waals surface area contributed by atoms with E-state index in [9.17, 15) is 4.79 Å². The van der Waals surface area contributed by atoms with Crippen molar-refractivity contribution >= 4 is 11.9 Å². The average molecular weight is 281 g/mol. The number of carbonyl (C=O) groups is 1. The summed E-state index contributed by atoms with van der Waals surface area (Å²) in [6, 6.07) is 0.507. The number of nitrogens with zero attached hydrogens (tertiary/aromatic N) is 2. The van der Waals surface area contributed by atoms with E-state index in [4.69, 9.17) is 4.74 Å². The van der Waals surface area contributed by atoms with Crippen LogP contribution in [0.2, 0.25) is 0 Å². The molecule has 5 heteroatoms. The lowest BCUT2D eigenvalue weighted by atomic mass is 10.1. The van der Waals surface area contributed by atoms with Crippen LogP contribution in [0.1, 0.15) is 47.0 Å². The first-order valence-electron chi connectivity index (χ1n) is 7.63. The van der Waals surface area contributed by atoms with E-state index in [1.807, 2.05) is 20.8 Å². The molecule has 5 nitrogen and oxygen atoms in total. The number of amides is 1. The number of amidine groups is 1. The summed E-state index contributed by atoms with van der Waals surface area (Å²) in [5.41, 5.74) is -0.445. The van der Waals surface area contributed by atoms with Crippen LogP contribution >= 0.6 is 0 Å². The van der Waals surface area contributed by atoms with Crippen molar-refractivity contribution in [3.63, 3.8) is 0 Å². The summed E-state index contributed by atoms with van der Waals surface area (Å²) in [6.07, 6.45) is 3.51. The van der Waals surface area contributed by atoms with E-state index in [1.54, 1.807) is 4.90 Å². The number of nitrogens with one attached hydrogen (secondary N) is 1. The first-order valence-corrected chi connectivity index (χ1v) is 7.63. The van der Waals surface area contributed by atoms with Crippen molar-refractivity contribution in [2.75, 3.05) is 19.6 Å². The van der Waals surface area contributed by atoms with Crippen molar-refractivity contribution in [3.8, 4) is 0 Å². The van der Waals surface area contributed by atoms with Gasteiger partial charge < -0.3 is 10.1 Å². The molecule has 1 amide bonds. The second-order valence-electron chi connectivity index (χ2n) is 6.89. The van der Waals surface area contributed by atoms with Crippen molar-refractivity contribution < 1.29 is 9.53 Å². The first kappa shape index (κ1) is 15.1. The molecule has 1 fully saturated rings. The summed E-state index contributed by atoms with van der Waals surface area (Å²) >= 11 is 0. The van der Waals surface area contributed by atoms with Gasteiger partial charge >= 0.3 is 6.09 Å². The molecule has 0 bridgehead atoms. The zero-order valence-corrected chi connectivity index (χ0v) is 13.1. The molecule has 0 saturated heterocycles. The quantitative estimate of drug-likeness (QED) is 0.803. The molecule has 0 aromatic heterocycles. The van der Waals surface area contributed by atoms with Gasteiger partial charge in [-0.2, -0.15) is 0 Å². The third-order valence-corrected chi connectivity index (χ3v) is 3.88. The summed E-state index contributed by atoms with van der Waals surface area (Å²) < 4.78 is 5.42. The molecule has 0 aromatic carbocycles. The molecule has 20 heavy (non-hydrogen) atoms. The van der Waals surface area contributed by atoms with Crippen LogP contribution in [0.5, 0.6) is 0 Å². The SMILES string of the molecule is CC1CCCC1NC1=NCCN(C(=O)OC(C)(C)C)C1. The number of hydrogen-bond acceptors (Lipinski definition) is 4. The van der Waals surface area contributed by atoms with Gasteiger partial charge in [-0.05, 0) is 39.5 Å². The largest absolute Gasteiger partial charge is 0.444 e. The lowest BCUT2D eigenvalue weighted by Crippen LogP contribution is -2.49. The fourth-order valence-electron chi connectivity index (χ4n) is 2.76. The van der Waals surface area contributed by atoms with Gasteiger partial charge in [-0.25, -0.2) is 4.79 Å². The minimum atomic E-state index is -0.445. The van der Waals surface area contributed by atoms with Crippen LogP contribution in [-0.2, 0) is 4.74 Å². The average Bonchev–Trinajstić information content (AvgIpc) is 2.73. The van der Waals surface area contributed by atoms with Gasteiger partial charge in [-0.3, -0.25) is 9.89 Å². The predicted octanol–water partition coefficient (Wildman–Crippen LogP) is 2.41. The van der Waals surface area contributed by atoms with Crippen molar-refractivity contribution in [3.05, 3.63) is 0 Å². The van der Waals surface area contributed by atoms with Crippen molar-refractivity contribution in [2.45, 2.75) is 58.6 Å². The van der Waals surface area contributed by atoms with Gasteiger partial charge in [0.2, 0.25) is 0 Å². The Labute approximate surface area is 121 Å². The van der Waals surface area contributed by atoms with E-state index in [0.29, 0.717) is 31.6 Å². The summed E-state index contributed by atoms with van der Waals surface area (Å²) in [4.78, 5) is 18.3. The second kappa shape index (κ2) is 6.02. The lowest BCUT2D eigenvalue weighted by molar-refractivity contribution is 0.0276. The fourth-order valence-corrected chi connectivity index (χ4v) is 2.76. The van der Waals surface area contributed by atoms with E-state index >= 15 is 0 Å². The fraction of sp³-hybridized carbons (Fsp3) is 0.867. The van der Waals surface area contributed by atoms with Crippen molar-refractivity contribution in [1.82, 2.24) is 10.2 Å². The molecule has 1 aliphatic heterocycles. The molecule has 1 N–H and O–H groups in total. The molecule has 2 aliphatic rings. The molecule has 1 aliphatic carbocycles. The standard InChI is InChI=1S/C15H27N3O2/c1-11-6-5-7-12(11)17-13-10-18(9-8-16-13)14(19)20-15(2,3)4/h11-12H,5-10H2,1-4H3,(H,16,17). The Balaban J connectivity index is 1.88. The topological polar surface area (TPSA) is 53.9 Å². The van der Waals surface area contributed by atoms with Crippen LogP contribution in [0.4, 0.5) is 4.79 Å². The second-order valence-corrected chi connectivity index (χ2v) is 6.89. The highest BCUT2D eigenvalue weighted by molar-refractivity contribution is 5.88. The normalized spacial score (nSPS) is 27.2. The van der Waals surface area contributed by atoms with Crippen molar-refractivity contribution in [1.29, 1.82) is 0 Å². The van der Waals surface area contributed by atoms with Crippen LogP contribution in [0, 0.1) is 5.92 Å². The molecule has 2 rings (SSSR count). The van der Waals surface area contributed by atoms with Gasteiger partial charge in [0.25, 0.3) is 0 Å². The Bertz CT molecular complexity index is 387. The van der Waals surface area contributed by atoms with E-state index in [-0.39, 0.29) is 6.09 Å². The summed E-state index contributed by atoms with van der Waals surface area (Å²) in [7, 11) is 0. The molecule has 1 heterocycles. The number of rotatable bonds is 1. The Hall–Kier alpha value is -1.26. The number of ether oxygens (including phenoxy) is 1. The van der Waals surface area contributed by atoms with Gasteiger partial charge in [0.05, 0.1) is 13.1 Å². The predicted molar refractivity (Wildman–Crippen MR) is 80.0 cm³/mol. The first-order chi connectivity index (χ1) is 9.35. The summed E-state index contributed by atoms with van der Waals surface area (Å²) in [6.45, 7) is 9.79. The zero-order valence-electron chi connectivity index (χ0n) is 13.1. The van der Waals surface area contributed by atoms with E-state index in [2.05, 4.69) is 17.2 Å². The highest BCUT2D eigenvalue weighted by Crippen LogP contribution is 2.25. The van der Waals surface area contributed by atoms with Crippen LogP contribution in [0.25, 0.3) is 0 Å². The zero-order chi connectivity index (χ0) is 14.8. The van der Waals surface area contributed by atoms with Gasteiger partial charge in [0, 0.05) is 12.6 Å². The third-order valence-electron chi connectivity index (χ3n) is 3.88. The minimum absolute atomic E-state index is 0.244. The Morgan fingerprint density at radius 3 is 2.75 bits per heavy atom. The van der Waals surface area contributed by atoms with E-state index < -0.39 is 5.60 Å². The van der Waals surface area contributed by atoms with Crippen molar-refractivity contribution in [2.24, 2.45) is 10.9 Å². The Morgan fingerprint density at radius 2 is 2.15 bits per heavy atom. The number of aliphatic imine (C=N–C) groups is 1. The smallest absolute Gasteiger partial charge is 0.410 e. The Morgan fingerprint density at radius 1 is 1.40 bits per heavy atom. The third kappa shape index (κ3) is 4.12. The monoisotopic (exact) mass is 281 g/mol. The summed E-state index contributed by atoms with van der Waals surface area (Å²) in [5, 5.41) is 3.52. The number of carbonyl (C=O) groups excluding carboxylic acids is 1. The molecule has 114 valence electrons. The summed E-state index contributed by atoms with van der Waals surface area (Å²) in [5.74, 6) is 1.62. The van der Waals surface area contributed by atoms with Gasteiger partial charge in [-0.1, -0.05) is 13.3 Å². The molecule has 2 unspecified atom stereocenters. The molecular formula is C15H27N3O2. The molecule has 0 radical (unpaired) electrons. The molecular weight excluding hydrogens is 254 g/mol. The maximum Gasteiger partial charge on any atom is 0.410 e. The van der Waals surface area contributed by atoms with Crippen LogP contribution in [-0.4, -0.2) is 48.1 Å². The highest BCUT2D eigenvalue weighted by Gasteiger charge is 2.28. The maximum absolute atomic E-state index is 12.1. The maximum atomic E-state index is 12.1. The van der Waals surface area contributed by atoms with Gasteiger partial charge in [0.15, 0.2) is 0 Å². The van der Waals surface area contributed by atoms with Crippen LogP contribution in [0.3, 0.4) is 0 Å². The van der Waals surface area contributed by atoms with Gasteiger partial charge in [0.1, 0.15) is 11.4 Å². The van der Waals surface area contributed by atoms with Gasteiger partial charge in [-0.15, -0.1) is 0 Å². The van der Waals surface area contributed by atoms with E-state index in [0.717, 1.165) is 5.84 Å². The molecule has 0 aromatic rings.